The van der Waals surface area contributed by atoms with E-state index >= 15 is 0 Å². The fraction of sp³-hybridized carbons (Fsp3) is 0.409. The van der Waals surface area contributed by atoms with E-state index in [4.69, 9.17) is 4.74 Å². The van der Waals surface area contributed by atoms with Crippen molar-refractivity contribution in [3.05, 3.63) is 59.9 Å². The summed E-state index contributed by atoms with van der Waals surface area (Å²) in [6.07, 6.45) is 6.28. The summed E-state index contributed by atoms with van der Waals surface area (Å²) in [7, 11) is 1.64. The first-order valence-corrected chi connectivity index (χ1v) is 9.74. The van der Waals surface area contributed by atoms with Crippen LogP contribution in [-0.2, 0) is 11.2 Å². The number of aryl methyl sites for hydroxylation is 1. The number of hydrogen-bond donors (Lipinski definition) is 1. The molecule has 0 saturated carbocycles. The van der Waals surface area contributed by atoms with Gasteiger partial charge in [-0.3, -0.25) is 14.6 Å². The number of carbonyl (C=O) groups is 2. The van der Waals surface area contributed by atoms with Gasteiger partial charge in [0.05, 0.1) is 12.7 Å². The number of hydrogen-bond acceptors (Lipinski definition) is 4. The van der Waals surface area contributed by atoms with Gasteiger partial charge in [0.2, 0.25) is 5.91 Å². The summed E-state index contributed by atoms with van der Waals surface area (Å²) >= 11 is 0. The van der Waals surface area contributed by atoms with Crippen molar-refractivity contribution in [3.8, 4) is 5.75 Å². The average Bonchev–Trinajstić information content (AvgIpc) is 2.77. The number of rotatable bonds is 7. The minimum atomic E-state index is 0.0371. The second-order valence-corrected chi connectivity index (χ2v) is 7.13. The molecular formula is C22H27N3O3. The van der Waals surface area contributed by atoms with Crippen LogP contribution in [0.2, 0.25) is 0 Å². The highest BCUT2D eigenvalue weighted by Crippen LogP contribution is 2.18. The molecule has 148 valence electrons. The lowest BCUT2D eigenvalue weighted by Crippen LogP contribution is -2.41. The van der Waals surface area contributed by atoms with Gasteiger partial charge in [0.1, 0.15) is 5.75 Å². The van der Waals surface area contributed by atoms with Crippen LogP contribution >= 0.6 is 0 Å². The molecule has 0 atom stereocenters. The highest BCUT2D eigenvalue weighted by Gasteiger charge is 2.23. The molecule has 1 aromatic carbocycles. The van der Waals surface area contributed by atoms with E-state index in [1.165, 1.54) is 0 Å². The van der Waals surface area contributed by atoms with Crippen LogP contribution in [0.15, 0.2) is 48.8 Å². The maximum atomic E-state index is 12.4. The van der Waals surface area contributed by atoms with E-state index in [0.717, 1.165) is 37.2 Å². The summed E-state index contributed by atoms with van der Waals surface area (Å²) in [4.78, 5) is 30.5. The Kier molecular flexibility index (Phi) is 7.00. The summed E-state index contributed by atoms with van der Waals surface area (Å²) in [5.74, 6) is 1.35. The Morgan fingerprint density at radius 2 is 1.93 bits per heavy atom. The lowest BCUT2D eigenvalue weighted by Gasteiger charge is -2.32. The molecule has 1 aliphatic rings. The molecule has 2 amide bonds. The zero-order chi connectivity index (χ0) is 19.8. The number of benzene rings is 1. The van der Waals surface area contributed by atoms with Crippen LogP contribution in [-0.4, -0.2) is 48.4 Å². The van der Waals surface area contributed by atoms with Gasteiger partial charge in [-0.1, -0.05) is 12.1 Å². The molecule has 28 heavy (non-hydrogen) atoms. The van der Waals surface area contributed by atoms with Gasteiger partial charge >= 0.3 is 0 Å². The summed E-state index contributed by atoms with van der Waals surface area (Å²) in [5, 5.41) is 3.04. The molecule has 1 saturated heterocycles. The van der Waals surface area contributed by atoms with E-state index in [0.29, 0.717) is 30.9 Å². The van der Waals surface area contributed by atoms with Crippen LogP contribution in [0, 0.1) is 5.92 Å². The van der Waals surface area contributed by atoms with Crippen molar-refractivity contribution in [1.29, 1.82) is 0 Å². The number of aromatic nitrogens is 1. The number of amides is 2. The zero-order valence-corrected chi connectivity index (χ0v) is 16.3. The van der Waals surface area contributed by atoms with Crippen molar-refractivity contribution in [1.82, 2.24) is 15.2 Å². The van der Waals surface area contributed by atoms with Gasteiger partial charge in [-0.25, -0.2) is 0 Å². The third-order valence-corrected chi connectivity index (χ3v) is 5.20. The molecule has 1 N–H and O–H groups in total. The topological polar surface area (TPSA) is 71.5 Å². The van der Waals surface area contributed by atoms with Gasteiger partial charge in [-0.2, -0.15) is 0 Å². The van der Waals surface area contributed by atoms with Crippen LogP contribution < -0.4 is 10.1 Å². The number of likely N-dealkylation sites (tertiary alicyclic amines) is 1. The van der Waals surface area contributed by atoms with Crippen LogP contribution in [0.1, 0.15) is 35.2 Å². The van der Waals surface area contributed by atoms with E-state index in [2.05, 4.69) is 10.3 Å². The largest absolute Gasteiger partial charge is 0.497 e. The second kappa shape index (κ2) is 9.88. The fourth-order valence-electron chi connectivity index (χ4n) is 3.41. The molecule has 0 radical (unpaired) electrons. The Bertz CT molecular complexity index is 769. The van der Waals surface area contributed by atoms with E-state index in [1.54, 1.807) is 31.6 Å². The lowest BCUT2D eigenvalue weighted by molar-refractivity contribution is -0.121. The molecule has 6 nitrogen and oxygen atoms in total. The van der Waals surface area contributed by atoms with Crippen molar-refractivity contribution in [3.63, 3.8) is 0 Å². The van der Waals surface area contributed by atoms with E-state index < -0.39 is 0 Å². The van der Waals surface area contributed by atoms with Gasteiger partial charge in [-0.05, 0) is 55.0 Å². The lowest BCUT2D eigenvalue weighted by atomic mass is 9.96. The third-order valence-electron chi connectivity index (χ3n) is 5.20. The quantitative estimate of drug-likeness (QED) is 0.800. The van der Waals surface area contributed by atoms with Gasteiger partial charge in [-0.15, -0.1) is 0 Å². The first-order chi connectivity index (χ1) is 13.7. The van der Waals surface area contributed by atoms with E-state index in [1.807, 2.05) is 29.2 Å². The predicted molar refractivity (Wildman–Crippen MR) is 107 cm³/mol. The Morgan fingerprint density at radius 1 is 1.18 bits per heavy atom. The molecule has 2 heterocycles. The Morgan fingerprint density at radius 3 is 2.57 bits per heavy atom. The number of carbonyl (C=O) groups excluding carboxylic acids is 2. The van der Waals surface area contributed by atoms with Crippen molar-refractivity contribution in [2.24, 2.45) is 5.92 Å². The van der Waals surface area contributed by atoms with Gasteiger partial charge < -0.3 is 15.0 Å². The summed E-state index contributed by atoms with van der Waals surface area (Å²) in [6, 6.07) is 11.4. The highest BCUT2D eigenvalue weighted by atomic mass is 16.5. The number of nitrogens with one attached hydrogen (secondary N) is 1. The van der Waals surface area contributed by atoms with Crippen LogP contribution in [0.3, 0.4) is 0 Å². The third kappa shape index (κ3) is 5.55. The first kappa shape index (κ1) is 19.9. The summed E-state index contributed by atoms with van der Waals surface area (Å²) in [5.41, 5.74) is 1.76. The van der Waals surface area contributed by atoms with Gasteiger partial charge in [0.15, 0.2) is 0 Å². The molecular weight excluding hydrogens is 354 g/mol. The van der Waals surface area contributed by atoms with Crippen LogP contribution in [0.5, 0.6) is 5.75 Å². The normalized spacial score (nSPS) is 14.5. The average molecular weight is 381 g/mol. The number of pyridine rings is 1. The molecule has 1 aliphatic heterocycles. The Balaban J connectivity index is 1.35. The Labute approximate surface area is 165 Å². The standard InChI is InChI=1S/C22H27N3O3/c1-28-20-7-4-17(5-8-20)6-9-21(26)24-15-18-10-13-25(14-11-18)22(27)19-3-2-12-23-16-19/h2-5,7-8,12,16,18H,6,9-11,13-15H2,1H3,(H,24,26). The van der Waals surface area contributed by atoms with Crippen molar-refractivity contribution in [2.45, 2.75) is 25.7 Å². The van der Waals surface area contributed by atoms with Crippen molar-refractivity contribution >= 4 is 11.8 Å². The molecule has 6 heteroatoms. The predicted octanol–water partition coefficient (Wildman–Crippen LogP) is 2.69. The Hall–Kier alpha value is -2.89. The molecule has 0 unspecified atom stereocenters. The van der Waals surface area contributed by atoms with Crippen molar-refractivity contribution in [2.75, 3.05) is 26.7 Å². The van der Waals surface area contributed by atoms with Gasteiger partial charge in [0.25, 0.3) is 5.91 Å². The molecule has 3 rings (SSSR count). The van der Waals surface area contributed by atoms with E-state index in [9.17, 15) is 9.59 Å². The molecule has 0 spiro atoms. The van der Waals surface area contributed by atoms with Crippen LogP contribution in [0.4, 0.5) is 0 Å². The molecule has 1 aromatic heterocycles. The van der Waals surface area contributed by atoms with Crippen LogP contribution in [0.25, 0.3) is 0 Å². The monoisotopic (exact) mass is 381 g/mol. The van der Waals surface area contributed by atoms with E-state index in [-0.39, 0.29) is 11.8 Å². The fourth-order valence-corrected chi connectivity index (χ4v) is 3.41. The zero-order valence-electron chi connectivity index (χ0n) is 16.3. The number of nitrogens with zero attached hydrogens (tertiary/aromatic N) is 2. The molecule has 0 aliphatic carbocycles. The maximum absolute atomic E-state index is 12.4. The minimum Gasteiger partial charge on any atom is -0.497 e. The summed E-state index contributed by atoms with van der Waals surface area (Å²) in [6.45, 7) is 2.12. The molecule has 2 aromatic rings. The number of ether oxygens (including phenoxy) is 1. The van der Waals surface area contributed by atoms with Crippen molar-refractivity contribution < 1.29 is 14.3 Å². The van der Waals surface area contributed by atoms with Gasteiger partial charge in [0, 0.05) is 38.4 Å². The first-order valence-electron chi connectivity index (χ1n) is 9.74. The number of methoxy groups -OCH3 is 1. The smallest absolute Gasteiger partial charge is 0.255 e. The minimum absolute atomic E-state index is 0.0371. The molecule has 1 fully saturated rings. The maximum Gasteiger partial charge on any atom is 0.255 e. The second-order valence-electron chi connectivity index (χ2n) is 7.13. The SMILES string of the molecule is COc1ccc(CCC(=O)NCC2CCN(C(=O)c3cccnc3)CC2)cc1. The highest BCUT2D eigenvalue weighted by molar-refractivity contribution is 5.93. The molecule has 0 bridgehead atoms. The summed E-state index contributed by atoms with van der Waals surface area (Å²) < 4.78 is 5.14. The number of piperidine rings is 1.